The summed E-state index contributed by atoms with van der Waals surface area (Å²) in [5, 5.41) is 18.3. The van der Waals surface area contributed by atoms with Gasteiger partial charge in [-0.1, -0.05) is 139 Å². The molecule has 0 aliphatic rings. The van der Waals surface area contributed by atoms with Crippen LogP contribution in [0, 0.1) is 0 Å². The van der Waals surface area contributed by atoms with Crippen molar-refractivity contribution < 1.29 is 47.8 Å². The molecule has 1 unspecified atom stereocenters. The van der Waals surface area contributed by atoms with Gasteiger partial charge in [0, 0.05) is 12.8 Å². The van der Waals surface area contributed by atoms with Gasteiger partial charge >= 0.3 is 19.8 Å². The van der Waals surface area contributed by atoms with Crippen molar-refractivity contribution in [3.05, 3.63) is 60.8 Å². The molecule has 0 fully saturated rings. The average molecular weight is 797 g/mol. The van der Waals surface area contributed by atoms with Crippen LogP contribution in [-0.4, -0.2) is 65.7 Å². The Kier molecular flexibility index (Phi) is 38.2. The maximum Gasteiger partial charge on any atom is 0.472 e. The Morgan fingerprint density at radius 1 is 0.545 bits per heavy atom. The fourth-order valence-electron chi connectivity index (χ4n) is 5.33. The SMILES string of the molecule is CCC/C=C/C/C=C/C/C=C/C/C=C/CCCCCC(=O)O[C@H](COC(=O)CCCCC/C=C/CCCCCCCCCC)COP(=O)(O)OC[C@@H](O)CO. The highest BCUT2D eigenvalue weighted by Gasteiger charge is 2.27. The average Bonchev–Trinajstić information content (AvgIpc) is 3.17. The number of aliphatic hydroxyl groups is 2. The molecule has 318 valence electrons. The van der Waals surface area contributed by atoms with Crippen LogP contribution in [0.4, 0.5) is 0 Å². The topological polar surface area (TPSA) is 149 Å². The number of rotatable bonds is 39. The van der Waals surface area contributed by atoms with E-state index in [4.69, 9.17) is 19.1 Å². The maximum absolute atomic E-state index is 12.6. The number of unbranched alkanes of at least 4 members (excludes halogenated alkanes) is 15. The van der Waals surface area contributed by atoms with Crippen LogP contribution in [0.3, 0.4) is 0 Å². The first-order valence-electron chi connectivity index (χ1n) is 21.2. The number of ether oxygens (including phenoxy) is 2. The van der Waals surface area contributed by atoms with E-state index < -0.39 is 51.8 Å². The van der Waals surface area contributed by atoms with E-state index in [0.29, 0.717) is 12.8 Å². The Labute approximate surface area is 334 Å². The maximum atomic E-state index is 12.6. The molecule has 0 aromatic heterocycles. The van der Waals surface area contributed by atoms with Crippen LogP contribution < -0.4 is 0 Å². The van der Waals surface area contributed by atoms with E-state index in [9.17, 15) is 24.2 Å². The molecule has 10 nitrogen and oxygen atoms in total. The minimum absolute atomic E-state index is 0.141. The molecule has 0 aromatic carbocycles. The highest BCUT2D eigenvalue weighted by Crippen LogP contribution is 2.43. The molecule has 0 aliphatic heterocycles. The van der Waals surface area contributed by atoms with Gasteiger partial charge in [-0.25, -0.2) is 4.57 Å². The first-order chi connectivity index (χ1) is 26.7. The smallest absolute Gasteiger partial charge is 0.462 e. The number of hydrogen-bond acceptors (Lipinski definition) is 9. The van der Waals surface area contributed by atoms with Gasteiger partial charge in [0.1, 0.15) is 12.7 Å². The molecule has 55 heavy (non-hydrogen) atoms. The molecule has 0 heterocycles. The zero-order valence-electron chi connectivity index (χ0n) is 34.4. The van der Waals surface area contributed by atoms with E-state index >= 15 is 0 Å². The molecule has 0 saturated carbocycles. The summed E-state index contributed by atoms with van der Waals surface area (Å²) in [6.45, 7) is 2.24. The highest BCUT2D eigenvalue weighted by atomic mass is 31.2. The van der Waals surface area contributed by atoms with E-state index in [2.05, 4.69) is 79.1 Å². The summed E-state index contributed by atoms with van der Waals surface area (Å²) in [7, 11) is -4.63. The van der Waals surface area contributed by atoms with E-state index in [0.717, 1.165) is 70.6 Å². The number of carbonyl (C=O) groups is 2. The molecule has 0 aromatic rings. The fraction of sp³-hybridized carbons (Fsp3) is 0.727. The second-order valence-corrected chi connectivity index (χ2v) is 15.5. The molecule has 11 heteroatoms. The number of esters is 2. The van der Waals surface area contributed by atoms with Crippen molar-refractivity contribution in [2.45, 2.75) is 180 Å². The Morgan fingerprint density at radius 2 is 0.982 bits per heavy atom. The summed E-state index contributed by atoms with van der Waals surface area (Å²) < 4.78 is 32.6. The lowest BCUT2D eigenvalue weighted by atomic mass is 10.1. The lowest BCUT2D eigenvalue weighted by Crippen LogP contribution is -2.29. The minimum atomic E-state index is -4.63. The summed E-state index contributed by atoms with van der Waals surface area (Å²) in [5.41, 5.74) is 0. The van der Waals surface area contributed by atoms with Gasteiger partial charge in [-0.15, -0.1) is 0 Å². The molecule has 0 bridgehead atoms. The quantitative estimate of drug-likeness (QED) is 0.0237. The van der Waals surface area contributed by atoms with E-state index in [1.807, 2.05) is 0 Å². The van der Waals surface area contributed by atoms with Gasteiger partial charge in [-0.2, -0.15) is 0 Å². The predicted molar refractivity (Wildman–Crippen MR) is 224 cm³/mol. The first-order valence-corrected chi connectivity index (χ1v) is 22.7. The molecule has 3 N–H and O–H groups in total. The molecule has 0 aliphatic carbocycles. The third-order valence-electron chi connectivity index (χ3n) is 8.63. The van der Waals surface area contributed by atoms with Gasteiger partial charge < -0.3 is 24.6 Å². The van der Waals surface area contributed by atoms with Crippen molar-refractivity contribution in [1.29, 1.82) is 0 Å². The predicted octanol–water partition coefficient (Wildman–Crippen LogP) is 11.1. The molecule has 0 saturated heterocycles. The lowest BCUT2D eigenvalue weighted by Gasteiger charge is -2.20. The number of phosphoric acid groups is 1. The number of allylic oxidation sites excluding steroid dienone is 10. The van der Waals surface area contributed by atoms with Crippen LogP contribution in [0.1, 0.15) is 168 Å². The molecule has 0 radical (unpaired) electrons. The van der Waals surface area contributed by atoms with Gasteiger partial charge in [-0.05, 0) is 77.0 Å². The van der Waals surface area contributed by atoms with Gasteiger partial charge in [0.05, 0.1) is 19.8 Å². The molecular formula is C44H77O10P. The van der Waals surface area contributed by atoms with Gasteiger partial charge in [0.2, 0.25) is 0 Å². The van der Waals surface area contributed by atoms with Crippen LogP contribution in [-0.2, 0) is 32.7 Å². The van der Waals surface area contributed by atoms with E-state index in [-0.39, 0.29) is 19.4 Å². The summed E-state index contributed by atoms with van der Waals surface area (Å²) >= 11 is 0. The third kappa shape index (κ3) is 39.7. The van der Waals surface area contributed by atoms with Crippen molar-refractivity contribution in [3.63, 3.8) is 0 Å². The molecule has 0 spiro atoms. The Hall–Kier alpha value is -2.33. The molecule has 3 atom stereocenters. The van der Waals surface area contributed by atoms with Crippen LogP contribution in [0.15, 0.2) is 60.8 Å². The van der Waals surface area contributed by atoms with Crippen LogP contribution in [0.5, 0.6) is 0 Å². The minimum Gasteiger partial charge on any atom is -0.462 e. The van der Waals surface area contributed by atoms with E-state index in [1.54, 1.807) is 0 Å². The summed E-state index contributed by atoms with van der Waals surface area (Å²) in [4.78, 5) is 34.9. The first kappa shape index (κ1) is 52.7. The van der Waals surface area contributed by atoms with Gasteiger partial charge in [0.15, 0.2) is 6.10 Å². The van der Waals surface area contributed by atoms with Crippen molar-refractivity contribution in [2.75, 3.05) is 26.4 Å². The fourth-order valence-corrected chi connectivity index (χ4v) is 6.12. The van der Waals surface area contributed by atoms with Crippen LogP contribution in [0.25, 0.3) is 0 Å². The summed E-state index contributed by atoms with van der Waals surface area (Å²) in [6.07, 6.45) is 43.3. The second-order valence-electron chi connectivity index (χ2n) is 14.0. The number of aliphatic hydroxyl groups excluding tert-OH is 2. The van der Waals surface area contributed by atoms with E-state index in [1.165, 1.54) is 57.8 Å². The monoisotopic (exact) mass is 797 g/mol. The van der Waals surface area contributed by atoms with Crippen molar-refractivity contribution in [3.8, 4) is 0 Å². The molecular weight excluding hydrogens is 719 g/mol. The largest absolute Gasteiger partial charge is 0.472 e. The second kappa shape index (κ2) is 39.9. The standard InChI is InChI=1S/C44H77O10P/c1-3-5-7-9-11-13-15-17-19-20-22-24-26-28-30-32-34-36-44(48)54-42(40-53-55(49,50)52-38-41(46)37-45)39-51-43(47)35-33-31-29-27-25-23-21-18-16-14-12-10-8-6-4-2/h7,9,13,15,19-20,23-26,41-42,45-46H,3-6,8,10-12,14,16-18,21-22,27-40H2,1-2H3,(H,49,50)/b9-7+,15-13+,20-19+,25-23+,26-24+/t41-,42+/m0/s1. The Bertz CT molecular complexity index is 1100. The highest BCUT2D eigenvalue weighted by molar-refractivity contribution is 7.47. The third-order valence-corrected chi connectivity index (χ3v) is 9.58. The number of carbonyl (C=O) groups excluding carboxylic acids is 2. The lowest BCUT2D eigenvalue weighted by molar-refractivity contribution is -0.161. The van der Waals surface area contributed by atoms with Gasteiger partial charge in [-0.3, -0.25) is 18.6 Å². The van der Waals surface area contributed by atoms with Crippen molar-refractivity contribution >= 4 is 19.8 Å². The van der Waals surface area contributed by atoms with Crippen LogP contribution >= 0.6 is 7.82 Å². The molecule has 0 rings (SSSR count). The Balaban J connectivity index is 4.41. The Morgan fingerprint density at radius 3 is 1.51 bits per heavy atom. The summed E-state index contributed by atoms with van der Waals surface area (Å²) in [5.74, 6) is -0.983. The number of hydrogen-bond donors (Lipinski definition) is 3. The zero-order chi connectivity index (χ0) is 40.5. The van der Waals surface area contributed by atoms with Crippen LogP contribution in [0.2, 0.25) is 0 Å². The molecule has 0 amide bonds. The van der Waals surface area contributed by atoms with Crippen molar-refractivity contribution in [1.82, 2.24) is 0 Å². The number of phosphoric ester groups is 1. The normalized spacial score (nSPS) is 14.5. The van der Waals surface area contributed by atoms with Crippen molar-refractivity contribution in [2.24, 2.45) is 0 Å². The van der Waals surface area contributed by atoms with Gasteiger partial charge in [0.25, 0.3) is 0 Å². The zero-order valence-corrected chi connectivity index (χ0v) is 35.3. The summed E-state index contributed by atoms with van der Waals surface area (Å²) in [6, 6.07) is 0.